The summed E-state index contributed by atoms with van der Waals surface area (Å²) in [4.78, 5) is 13.0. The van der Waals surface area contributed by atoms with E-state index in [4.69, 9.17) is 9.47 Å². The van der Waals surface area contributed by atoms with Crippen LogP contribution in [-0.4, -0.2) is 98.7 Å². The van der Waals surface area contributed by atoms with Gasteiger partial charge in [-0.15, -0.1) is 0 Å². The summed E-state index contributed by atoms with van der Waals surface area (Å²) < 4.78 is 11.1. The molecule has 1 saturated heterocycles. The van der Waals surface area contributed by atoms with Crippen LogP contribution in [0.2, 0.25) is 0 Å². The van der Waals surface area contributed by atoms with Gasteiger partial charge in [0.25, 0.3) is 0 Å². The van der Waals surface area contributed by atoms with Gasteiger partial charge in [-0.25, -0.2) is 0 Å². The summed E-state index contributed by atoms with van der Waals surface area (Å²) in [6.45, 7) is 3.61. The van der Waals surface area contributed by atoms with Crippen molar-refractivity contribution in [1.82, 2.24) is 5.32 Å². The average Bonchev–Trinajstić information content (AvgIpc) is 3.18. The van der Waals surface area contributed by atoms with Crippen LogP contribution in [0.15, 0.2) is 12.2 Å². The van der Waals surface area contributed by atoms with Crippen molar-refractivity contribution in [2.24, 2.45) is 0 Å². The minimum atomic E-state index is -1.61. The Kier molecular flexibility index (Phi) is 34.0. The summed E-state index contributed by atoms with van der Waals surface area (Å²) in [6, 6.07) is -0.973. The zero-order valence-electron chi connectivity index (χ0n) is 35.3. The maximum absolute atomic E-state index is 13.0. The highest BCUT2D eigenvalue weighted by atomic mass is 16.7. The second kappa shape index (κ2) is 36.0. The fourth-order valence-electron chi connectivity index (χ4n) is 7.40. The zero-order chi connectivity index (χ0) is 40.4. The monoisotopic (exact) mass is 786 g/mol. The van der Waals surface area contributed by atoms with Crippen LogP contribution >= 0.6 is 0 Å². The highest BCUT2D eigenvalue weighted by molar-refractivity contribution is 5.80. The van der Waals surface area contributed by atoms with Crippen LogP contribution in [0.3, 0.4) is 0 Å². The SMILES string of the molecule is CCCCCCCCCCCCC/C=C/C(O)C(COC1OC(CO)C(O)C(O)C1O)NC(=O)C(O)CCCCCCCCCCCCCCCCCCC. The van der Waals surface area contributed by atoms with E-state index < -0.39 is 61.5 Å². The number of hydrogen-bond donors (Lipinski definition) is 7. The Bertz CT molecular complexity index is 890. The molecule has 0 bridgehead atoms. The third-order valence-electron chi connectivity index (χ3n) is 11.2. The molecule has 0 aliphatic carbocycles. The number of ether oxygens (including phenoxy) is 2. The molecule has 0 saturated carbocycles. The number of carbonyl (C=O) groups is 1. The molecule has 1 fully saturated rings. The number of unbranched alkanes of at least 4 members (excludes halogenated alkanes) is 27. The van der Waals surface area contributed by atoms with Gasteiger partial charge in [-0.05, 0) is 19.3 Å². The van der Waals surface area contributed by atoms with Crippen LogP contribution in [0.25, 0.3) is 0 Å². The van der Waals surface area contributed by atoms with E-state index in [1.807, 2.05) is 6.08 Å². The summed E-state index contributed by atoms with van der Waals surface area (Å²) in [6.07, 6.45) is 30.1. The van der Waals surface area contributed by atoms with E-state index in [0.29, 0.717) is 6.42 Å². The van der Waals surface area contributed by atoms with Crippen molar-refractivity contribution in [2.45, 2.75) is 255 Å². The molecule has 0 radical (unpaired) electrons. The van der Waals surface area contributed by atoms with Gasteiger partial charge in [0.1, 0.15) is 30.5 Å². The van der Waals surface area contributed by atoms with Crippen molar-refractivity contribution in [1.29, 1.82) is 0 Å². The van der Waals surface area contributed by atoms with Crippen LogP contribution in [0.1, 0.15) is 206 Å². The van der Waals surface area contributed by atoms with E-state index >= 15 is 0 Å². The highest BCUT2D eigenvalue weighted by Crippen LogP contribution is 2.23. The maximum atomic E-state index is 13.0. The van der Waals surface area contributed by atoms with Crippen LogP contribution in [0, 0.1) is 0 Å². The molecule has 326 valence electrons. The van der Waals surface area contributed by atoms with Gasteiger partial charge in [0.15, 0.2) is 6.29 Å². The van der Waals surface area contributed by atoms with Crippen molar-refractivity contribution in [3.05, 3.63) is 12.2 Å². The normalized spacial score (nSPS) is 21.9. The zero-order valence-corrected chi connectivity index (χ0v) is 35.3. The summed E-state index contributed by atoms with van der Waals surface area (Å²) in [5, 5.41) is 64.6. The number of carbonyl (C=O) groups excluding carboxylic acids is 1. The number of amides is 1. The van der Waals surface area contributed by atoms with Crippen molar-refractivity contribution in [3.63, 3.8) is 0 Å². The first kappa shape index (κ1) is 51.9. The molecule has 1 aliphatic heterocycles. The number of rotatable bonds is 38. The molecule has 8 atom stereocenters. The topological polar surface area (TPSA) is 169 Å². The Morgan fingerprint density at radius 3 is 1.47 bits per heavy atom. The van der Waals surface area contributed by atoms with Gasteiger partial charge in [-0.3, -0.25) is 4.79 Å². The van der Waals surface area contributed by atoms with Gasteiger partial charge in [0.05, 0.1) is 25.4 Å². The van der Waals surface area contributed by atoms with E-state index in [9.17, 15) is 35.4 Å². The minimum Gasteiger partial charge on any atom is -0.394 e. The van der Waals surface area contributed by atoms with Crippen molar-refractivity contribution in [2.75, 3.05) is 13.2 Å². The number of aliphatic hydroxyl groups excluding tert-OH is 6. The van der Waals surface area contributed by atoms with E-state index in [2.05, 4.69) is 19.2 Å². The van der Waals surface area contributed by atoms with Crippen LogP contribution in [0.4, 0.5) is 0 Å². The predicted molar refractivity (Wildman–Crippen MR) is 223 cm³/mol. The number of nitrogens with one attached hydrogen (secondary N) is 1. The Labute approximate surface area is 336 Å². The lowest BCUT2D eigenvalue weighted by molar-refractivity contribution is -0.302. The Morgan fingerprint density at radius 2 is 1.04 bits per heavy atom. The van der Waals surface area contributed by atoms with Gasteiger partial charge in [-0.1, -0.05) is 199 Å². The van der Waals surface area contributed by atoms with Gasteiger partial charge in [0.2, 0.25) is 5.91 Å². The molecule has 1 aliphatic rings. The van der Waals surface area contributed by atoms with Crippen LogP contribution in [-0.2, 0) is 14.3 Å². The lowest BCUT2D eigenvalue weighted by atomic mass is 9.99. The number of allylic oxidation sites excluding steroid dienone is 1. The molecule has 10 heteroatoms. The quantitative estimate of drug-likeness (QED) is 0.0241. The standard InChI is InChI=1S/C45H87NO9/c1-3-5-7-9-11-13-15-17-18-19-20-22-24-26-28-30-32-34-39(49)44(53)46-37(36-54-45-43(52)42(51)41(50)40(35-47)55-45)38(48)33-31-29-27-25-23-21-16-14-12-10-8-6-4-2/h31,33,37-43,45,47-52H,3-30,32,34-36H2,1-2H3,(H,46,53)/b33-31+. The fourth-order valence-corrected chi connectivity index (χ4v) is 7.40. The summed E-state index contributed by atoms with van der Waals surface area (Å²) in [5.74, 6) is -0.614. The maximum Gasteiger partial charge on any atom is 0.249 e. The first-order valence-electron chi connectivity index (χ1n) is 23.0. The lowest BCUT2D eigenvalue weighted by Crippen LogP contribution is -2.60. The van der Waals surface area contributed by atoms with Gasteiger partial charge >= 0.3 is 0 Å². The number of aliphatic hydroxyl groups is 6. The van der Waals surface area contributed by atoms with Crippen LogP contribution < -0.4 is 5.32 Å². The molecule has 0 aromatic rings. The molecule has 55 heavy (non-hydrogen) atoms. The molecule has 1 rings (SSSR count). The third kappa shape index (κ3) is 26.5. The van der Waals surface area contributed by atoms with E-state index in [0.717, 1.165) is 44.9 Å². The van der Waals surface area contributed by atoms with Gasteiger partial charge < -0.3 is 45.4 Å². The summed E-state index contributed by atoms with van der Waals surface area (Å²) >= 11 is 0. The van der Waals surface area contributed by atoms with E-state index in [1.165, 1.54) is 141 Å². The molecule has 1 amide bonds. The van der Waals surface area contributed by atoms with E-state index in [-0.39, 0.29) is 6.61 Å². The fraction of sp³-hybridized carbons (Fsp3) is 0.933. The molecular weight excluding hydrogens is 698 g/mol. The van der Waals surface area contributed by atoms with Gasteiger partial charge in [0, 0.05) is 0 Å². The Balaban J connectivity index is 2.40. The first-order valence-corrected chi connectivity index (χ1v) is 23.0. The minimum absolute atomic E-state index is 0.301. The summed E-state index contributed by atoms with van der Waals surface area (Å²) in [5.41, 5.74) is 0. The molecule has 0 spiro atoms. The van der Waals surface area contributed by atoms with E-state index in [1.54, 1.807) is 6.08 Å². The van der Waals surface area contributed by atoms with Crippen molar-refractivity contribution >= 4 is 5.91 Å². The second-order valence-electron chi connectivity index (χ2n) is 16.3. The van der Waals surface area contributed by atoms with Gasteiger partial charge in [-0.2, -0.15) is 0 Å². The molecule has 7 N–H and O–H groups in total. The summed E-state index contributed by atoms with van der Waals surface area (Å²) in [7, 11) is 0. The smallest absolute Gasteiger partial charge is 0.249 e. The molecule has 8 unspecified atom stereocenters. The number of hydrogen-bond acceptors (Lipinski definition) is 9. The largest absolute Gasteiger partial charge is 0.394 e. The predicted octanol–water partition coefficient (Wildman–Crippen LogP) is 8.31. The third-order valence-corrected chi connectivity index (χ3v) is 11.2. The van der Waals surface area contributed by atoms with Crippen molar-refractivity contribution < 1.29 is 44.9 Å². The Hall–Kier alpha value is -1.11. The molecule has 0 aromatic carbocycles. The highest BCUT2D eigenvalue weighted by Gasteiger charge is 2.44. The molecule has 1 heterocycles. The van der Waals surface area contributed by atoms with Crippen molar-refractivity contribution in [3.8, 4) is 0 Å². The second-order valence-corrected chi connectivity index (χ2v) is 16.3. The molecule has 0 aromatic heterocycles. The van der Waals surface area contributed by atoms with Crippen LogP contribution in [0.5, 0.6) is 0 Å². The molecule has 10 nitrogen and oxygen atoms in total. The lowest BCUT2D eigenvalue weighted by Gasteiger charge is -2.40. The first-order chi connectivity index (χ1) is 26.8. The Morgan fingerprint density at radius 1 is 0.618 bits per heavy atom. The average molecular weight is 786 g/mol. The molecular formula is C45H87NO9.